The highest BCUT2D eigenvalue weighted by atomic mass is 32.2. The second-order valence-corrected chi connectivity index (χ2v) is 16.2. The largest absolute Gasteiger partial charge is 0.417 e. The lowest BCUT2D eigenvalue weighted by Crippen LogP contribution is -2.40. The zero-order valence-corrected chi connectivity index (χ0v) is 21.4. The third-order valence-electron chi connectivity index (χ3n) is 6.04. The molecular formula is C23H49FO2SSi. The first-order chi connectivity index (χ1) is 13.2. The van der Waals surface area contributed by atoms with Crippen molar-refractivity contribution >= 4 is 19.1 Å². The molecule has 0 spiro atoms. The minimum atomic E-state index is -1.56. The fourth-order valence-electron chi connectivity index (χ4n) is 2.96. The third kappa shape index (κ3) is 16.1. The van der Waals surface area contributed by atoms with Gasteiger partial charge in [0.1, 0.15) is 0 Å². The molecule has 0 aromatic rings. The van der Waals surface area contributed by atoms with Crippen LogP contribution < -0.4 is 0 Å². The molecule has 170 valence electrons. The second-order valence-electron chi connectivity index (χ2n) is 9.74. The first-order valence-corrected chi connectivity index (χ1v) is 16.2. The number of rotatable bonds is 19. The highest BCUT2D eigenvalue weighted by molar-refractivity contribution is 7.84. The molecule has 0 aromatic carbocycles. The molecule has 0 radical (unpaired) electrons. The Labute approximate surface area is 179 Å². The summed E-state index contributed by atoms with van der Waals surface area (Å²) in [4.78, 5) is 0. The van der Waals surface area contributed by atoms with E-state index >= 15 is 0 Å². The molecule has 5 heteroatoms. The molecule has 0 heterocycles. The summed E-state index contributed by atoms with van der Waals surface area (Å²) in [5, 5.41) is 0.309. The molecule has 0 unspecified atom stereocenters. The summed E-state index contributed by atoms with van der Waals surface area (Å²) >= 11 is 0. The van der Waals surface area contributed by atoms with Gasteiger partial charge in [-0.15, -0.1) is 0 Å². The second kappa shape index (κ2) is 17.0. The monoisotopic (exact) mass is 436 g/mol. The summed E-state index contributed by atoms with van der Waals surface area (Å²) in [6.07, 6.45) is 14.9. The van der Waals surface area contributed by atoms with Gasteiger partial charge < -0.3 is 4.43 Å². The van der Waals surface area contributed by atoms with Crippen LogP contribution in [-0.2, 0) is 15.2 Å². The SMILES string of the molecule is CC(C)(C)[Si](C)(C)OCCCCCCCCC[S@@](=O)CCCCCCCCF. The van der Waals surface area contributed by atoms with Crippen molar-refractivity contribution in [3.8, 4) is 0 Å². The fraction of sp³-hybridized carbons (Fsp3) is 1.00. The van der Waals surface area contributed by atoms with E-state index in [9.17, 15) is 8.60 Å². The van der Waals surface area contributed by atoms with Crippen LogP contribution in [0.5, 0.6) is 0 Å². The predicted octanol–water partition coefficient (Wildman–Crippen LogP) is 7.80. The maximum absolute atomic E-state index is 12.0. The van der Waals surface area contributed by atoms with Crippen molar-refractivity contribution < 1.29 is 13.0 Å². The highest BCUT2D eigenvalue weighted by Gasteiger charge is 2.36. The van der Waals surface area contributed by atoms with Gasteiger partial charge in [-0.3, -0.25) is 8.60 Å². The van der Waals surface area contributed by atoms with Gasteiger partial charge >= 0.3 is 0 Å². The van der Waals surface area contributed by atoms with Crippen LogP contribution in [0.1, 0.15) is 104 Å². The van der Waals surface area contributed by atoms with Gasteiger partial charge in [-0.05, 0) is 43.8 Å². The topological polar surface area (TPSA) is 26.3 Å². The van der Waals surface area contributed by atoms with Crippen LogP contribution in [-0.4, -0.2) is 37.3 Å². The van der Waals surface area contributed by atoms with E-state index in [1.165, 1.54) is 38.5 Å². The van der Waals surface area contributed by atoms with Gasteiger partial charge in [0.25, 0.3) is 0 Å². The minimum Gasteiger partial charge on any atom is -0.417 e. The quantitative estimate of drug-likeness (QED) is 0.152. The number of hydrogen-bond acceptors (Lipinski definition) is 2. The van der Waals surface area contributed by atoms with E-state index in [2.05, 4.69) is 33.9 Å². The van der Waals surface area contributed by atoms with Crippen molar-refractivity contribution in [1.82, 2.24) is 0 Å². The van der Waals surface area contributed by atoms with Crippen LogP contribution in [0.15, 0.2) is 0 Å². The molecule has 0 aromatic heterocycles. The fourth-order valence-corrected chi connectivity index (χ4v) is 5.30. The molecule has 0 amide bonds. The Hall–Kier alpha value is 0.257. The van der Waals surface area contributed by atoms with Crippen LogP contribution in [0.3, 0.4) is 0 Å². The molecule has 2 nitrogen and oxygen atoms in total. The summed E-state index contributed by atoms with van der Waals surface area (Å²) < 4.78 is 30.2. The summed E-state index contributed by atoms with van der Waals surface area (Å²) in [5.74, 6) is 1.74. The molecule has 0 aliphatic carbocycles. The van der Waals surface area contributed by atoms with Gasteiger partial charge in [-0.25, -0.2) is 0 Å². The first kappa shape index (κ1) is 28.3. The standard InChI is InChI=1S/C23H49FO2SSi/c1-23(2,3)28(4,5)26-20-16-12-8-6-9-13-17-21-27(25)22-18-14-10-7-11-15-19-24/h6-22H2,1-5H3/t27-/m1/s1. The lowest BCUT2D eigenvalue weighted by molar-refractivity contribution is 0.277. The van der Waals surface area contributed by atoms with Crippen LogP contribution in [0.4, 0.5) is 4.39 Å². The number of unbranched alkanes of at least 4 members (excludes halogenated alkanes) is 11. The molecule has 0 saturated heterocycles. The van der Waals surface area contributed by atoms with E-state index in [1.54, 1.807) is 0 Å². The van der Waals surface area contributed by atoms with Crippen molar-refractivity contribution in [2.45, 2.75) is 122 Å². The summed E-state index contributed by atoms with van der Waals surface area (Å²) in [6.45, 7) is 12.3. The summed E-state index contributed by atoms with van der Waals surface area (Å²) in [7, 11) is -2.19. The van der Waals surface area contributed by atoms with Crippen molar-refractivity contribution in [3.63, 3.8) is 0 Å². The van der Waals surface area contributed by atoms with E-state index < -0.39 is 19.1 Å². The Morgan fingerprint density at radius 3 is 1.54 bits per heavy atom. The van der Waals surface area contributed by atoms with Crippen molar-refractivity contribution in [1.29, 1.82) is 0 Å². The zero-order valence-electron chi connectivity index (χ0n) is 19.6. The van der Waals surface area contributed by atoms with E-state index in [1.807, 2.05) is 0 Å². The molecule has 0 saturated carbocycles. The van der Waals surface area contributed by atoms with Gasteiger partial charge in [-0.2, -0.15) is 0 Å². The lowest BCUT2D eigenvalue weighted by atomic mass is 10.1. The number of hydrogen-bond donors (Lipinski definition) is 0. The van der Waals surface area contributed by atoms with E-state index in [0.29, 0.717) is 11.5 Å². The van der Waals surface area contributed by atoms with Gasteiger partial charge in [0.05, 0.1) is 6.67 Å². The van der Waals surface area contributed by atoms with Crippen LogP contribution >= 0.6 is 0 Å². The van der Waals surface area contributed by atoms with Crippen molar-refractivity contribution in [3.05, 3.63) is 0 Å². The highest BCUT2D eigenvalue weighted by Crippen LogP contribution is 2.36. The molecule has 0 N–H and O–H groups in total. The van der Waals surface area contributed by atoms with Crippen molar-refractivity contribution in [2.24, 2.45) is 0 Å². The molecular weight excluding hydrogens is 387 g/mol. The zero-order chi connectivity index (χ0) is 21.3. The lowest BCUT2D eigenvalue weighted by Gasteiger charge is -2.36. The molecule has 0 aliphatic rings. The van der Waals surface area contributed by atoms with Crippen molar-refractivity contribution in [2.75, 3.05) is 24.8 Å². The summed E-state index contributed by atoms with van der Waals surface area (Å²) in [6, 6.07) is 0. The molecule has 0 rings (SSSR count). The Kier molecular flexibility index (Phi) is 17.1. The summed E-state index contributed by atoms with van der Waals surface area (Å²) in [5.41, 5.74) is 0. The Morgan fingerprint density at radius 1 is 0.714 bits per heavy atom. The molecule has 1 atom stereocenters. The van der Waals surface area contributed by atoms with Gasteiger partial charge in [0.15, 0.2) is 8.32 Å². The molecule has 0 bridgehead atoms. The Balaban J connectivity index is 3.36. The normalized spacial score (nSPS) is 13.8. The number of alkyl halides is 1. The maximum atomic E-state index is 12.0. The van der Waals surface area contributed by atoms with Gasteiger partial charge in [0.2, 0.25) is 0 Å². The van der Waals surface area contributed by atoms with Crippen LogP contribution in [0.2, 0.25) is 18.1 Å². The average molecular weight is 437 g/mol. The third-order valence-corrected chi connectivity index (χ3v) is 12.1. The molecule has 0 aliphatic heterocycles. The number of halogens is 1. The molecule has 28 heavy (non-hydrogen) atoms. The van der Waals surface area contributed by atoms with Gasteiger partial charge in [-0.1, -0.05) is 78.6 Å². The van der Waals surface area contributed by atoms with Crippen LogP contribution in [0, 0.1) is 0 Å². The van der Waals surface area contributed by atoms with E-state index in [0.717, 1.165) is 56.6 Å². The smallest absolute Gasteiger partial charge is 0.191 e. The average Bonchev–Trinajstić information content (AvgIpc) is 2.61. The molecule has 0 fully saturated rings. The Morgan fingerprint density at radius 2 is 1.11 bits per heavy atom. The van der Waals surface area contributed by atoms with Gasteiger partial charge in [0, 0.05) is 28.9 Å². The Bertz CT molecular complexity index is 383. The van der Waals surface area contributed by atoms with E-state index in [-0.39, 0.29) is 6.67 Å². The first-order valence-electron chi connectivity index (χ1n) is 11.8. The maximum Gasteiger partial charge on any atom is 0.191 e. The van der Waals surface area contributed by atoms with Crippen LogP contribution in [0.25, 0.3) is 0 Å². The minimum absolute atomic E-state index is 0.185. The predicted molar refractivity (Wildman–Crippen MR) is 127 cm³/mol. The van der Waals surface area contributed by atoms with E-state index in [4.69, 9.17) is 4.43 Å².